The van der Waals surface area contributed by atoms with Crippen LogP contribution in [0.3, 0.4) is 0 Å². The molecule has 7 nitrogen and oxygen atoms in total. The summed E-state index contributed by atoms with van der Waals surface area (Å²) in [6.45, 7) is 4.12. The van der Waals surface area contributed by atoms with E-state index in [0.29, 0.717) is 25.7 Å². The number of amides is 1. The first kappa shape index (κ1) is 34.0. The van der Waals surface area contributed by atoms with E-state index in [2.05, 4.69) is 24.4 Å². The van der Waals surface area contributed by atoms with Crippen molar-refractivity contribution in [2.75, 3.05) is 13.2 Å². The number of rotatable bonds is 23. The van der Waals surface area contributed by atoms with E-state index in [1.165, 1.54) is 57.8 Å². The average molecular weight is 528 g/mol. The quantitative estimate of drug-likeness (QED) is 0.103. The second-order valence-electron chi connectivity index (χ2n) is 10.6. The lowest BCUT2D eigenvalue weighted by atomic mass is 10.0. The molecule has 218 valence electrons. The van der Waals surface area contributed by atoms with Crippen molar-refractivity contribution in [3.63, 3.8) is 0 Å². The maximum absolute atomic E-state index is 12.5. The maximum Gasteiger partial charge on any atom is 0.220 e. The summed E-state index contributed by atoms with van der Waals surface area (Å²) < 4.78 is 11.4. The van der Waals surface area contributed by atoms with Crippen LogP contribution in [0.15, 0.2) is 12.2 Å². The van der Waals surface area contributed by atoms with Crippen molar-refractivity contribution >= 4 is 5.91 Å². The molecule has 0 aliphatic carbocycles. The van der Waals surface area contributed by atoms with E-state index in [1.54, 1.807) is 0 Å². The van der Waals surface area contributed by atoms with Crippen LogP contribution in [0.4, 0.5) is 0 Å². The minimum Gasteiger partial charge on any atom is -0.394 e. The van der Waals surface area contributed by atoms with Gasteiger partial charge < -0.3 is 30.1 Å². The van der Waals surface area contributed by atoms with Gasteiger partial charge in [0.2, 0.25) is 5.91 Å². The number of ether oxygens (including phenoxy) is 2. The summed E-state index contributed by atoms with van der Waals surface area (Å²) in [5, 5.41) is 32.6. The van der Waals surface area contributed by atoms with Gasteiger partial charge in [-0.05, 0) is 44.9 Å². The van der Waals surface area contributed by atoms with Gasteiger partial charge in [-0.1, -0.05) is 83.8 Å². The second-order valence-corrected chi connectivity index (χ2v) is 10.6. The van der Waals surface area contributed by atoms with Crippen molar-refractivity contribution in [1.82, 2.24) is 5.32 Å². The van der Waals surface area contributed by atoms with Gasteiger partial charge in [-0.25, -0.2) is 0 Å². The van der Waals surface area contributed by atoms with Gasteiger partial charge in [0.15, 0.2) is 6.29 Å². The zero-order valence-electron chi connectivity index (χ0n) is 23.7. The smallest absolute Gasteiger partial charge is 0.220 e. The van der Waals surface area contributed by atoms with Crippen molar-refractivity contribution in [2.45, 2.75) is 160 Å². The molecule has 1 amide bonds. The Balaban J connectivity index is 2.14. The number of hydrogen-bond acceptors (Lipinski definition) is 6. The van der Waals surface area contributed by atoms with Crippen LogP contribution >= 0.6 is 0 Å². The Kier molecular flexibility index (Phi) is 21.1. The Bertz CT molecular complexity index is 572. The SMILES string of the molecule is CCCCCCCCC=CCCCCCCCC(=O)NC(CO[C@@H]1CC[C@@H](O)C(CO)O1)C(O)CCC. The molecule has 1 fully saturated rings. The highest BCUT2D eigenvalue weighted by Gasteiger charge is 2.31. The molecule has 3 unspecified atom stereocenters. The molecule has 4 N–H and O–H groups in total. The Morgan fingerprint density at radius 2 is 1.57 bits per heavy atom. The third kappa shape index (κ3) is 17.3. The summed E-state index contributed by atoms with van der Waals surface area (Å²) in [6, 6.07) is -0.501. The number of aliphatic hydroxyl groups is 3. The molecule has 1 rings (SSSR count). The predicted octanol–water partition coefficient (Wildman–Crippen LogP) is 5.54. The van der Waals surface area contributed by atoms with Crippen LogP contribution in [-0.2, 0) is 14.3 Å². The fourth-order valence-electron chi connectivity index (χ4n) is 4.73. The summed E-state index contributed by atoms with van der Waals surface area (Å²) in [5.41, 5.74) is 0. The van der Waals surface area contributed by atoms with E-state index in [1.807, 2.05) is 6.92 Å². The number of allylic oxidation sites excluding steroid dienone is 2. The molecule has 1 heterocycles. The number of aliphatic hydroxyl groups excluding tert-OH is 3. The number of carbonyl (C=O) groups is 1. The monoisotopic (exact) mass is 527 g/mol. The number of unbranched alkanes of at least 4 members (excludes halogenated alkanes) is 11. The first-order valence-corrected chi connectivity index (χ1v) is 15.2. The van der Waals surface area contributed by atoms with Gasteiger partial charge in [0.1, 0.15) is 6.10 Å². The average Bonchev–Trinajstić information content (AvgIpc) is 2.89. The largest absolute Gasteiger partial charge is 0.394 e. The molecule has 0 radical (unpaired) electrons. The molecule has 0 aromatic heterocycles. The van der Waals surface area contributed by atoms with Crippen LogP contribution in [0.2, 0.25) is 0 Å². The standard InChI is InChI=1S/C30H57NO6/c1-3-5-6-7-8-9-10-11-12-13-14-15-16-17-18-20-29(35)31-25(26(33)19-4-2)24-36-30-22-21-27(34)28(23-32)37-30/h11-12,25-28,30,32-34H,3-10,13-24H2,1-2H3,(H,31,35)/t25?,26?,27-,28?,30+/m1/s1. The molecular formula is C30H57NO6. The van der Waals surface area contributed by atoms with E-state index in [4.69, 9.17) is 9.47 Å². The summed E-state index contributed by atoms with van der Waals surface area (Å²) in [6.07, 6.45) is 20.8. The van der Waals surface area contributed by atoms with Crippen LogP contribution in [-0.4, -0.2) is 65.1 Å². The highest BCUT2D eigenvalue weighted by atomic mass is 16.7. The van der Waals surface area contributed by atoms with Crippen LogP contribution < -0.4 is 5.32 Å². The van der Waals surface area contributed by atoms with Gasteiger partial charge in [0.05, 0.1) is 31.5 Å². The second kappa shape index (κ2) is 22.9. The molecule has 5 atom stereocenters. The Labute approximate surface area is 226 Å². The summed E-state index contributed by atoms with van der Waals surface area (Å²) in [7, 11) is 0. The third-order valence-corrected chi connectivity index (χ3v) is 7.16. The maximum atomic E-state index is 12.5. The summed E-state index contributed by atoms with van der Waals surface area (Å²) in [5.74, 6) is -0.0606. The normalized spacial score (nSPS) is 21.8. The topological polar surface area (TPSA) is 108 Å². The molecule has 1 aliphatic rings. The van der Waals surface area contributed by atoms with Gasteiger partial charge in [0, 0.05) is 12.8 Å². The predicted molar refractivity (Wildman–Crippen MR) is 149 cm³/mol. The molecule has 1 saturated heterocycles. The lowest BCUT2D eigenvalue weighted by Crippen LogP contribution is -2.48. The van der Waals surface area contributed by atoms with E-state index < -0.39 is 30.6 Å². The van der Waals surface area contributed by atoms with Crippen molar-refractivity contribution in [3.05, 3.63) is 12.2 Å². The van der Waals surface area contributed by atoms with Crippen LogP contribution in [0, 0.1) is 0 Å². The first-order valence-electron chi connectivity index (χ1n) is 15.2. The van der Waals surface area contributed by atoms with Gasteiger partial charge in [-0.2, -0.15) is 0 Å². The van der Waals surface area contributed by atoms with Crippen molar-refractivity contribution in [1.29, 1.82) is 0 Å². The lowest BCUT2D eigenvalue weighted by molar-refractivity contribution is -0.233. The summed E-state index contributed by atoms with van der Waals surface area (Å²) in [4.78, 5) is 12.5. The molecule has 0 saturated carbocycles. The highest BCUT2D eigenvalue weighted by molar-refractivity contribution is 5.76. The molecule has 37 heavy (non-hydrogen) atoms. The van der Waals surface area contributed by atoms with Crippen LogP contribution in [0.1, 0.15) is 129 Å². The minimum atomic E-state index is -0.697. The molecule has 0 aromatic carbocycles. The molecule has 7 heteroatoms. The van der Waals surface area contributed by atoms with Gasteiger partial charge in [-0.15, -0.1) is 0 Å². The third-order valence-electron chi connectivity index (χ3n) is 7.16. The molecule has 0 bridgehead atoms. The van der Waals surface area contributed by atoms with Crippen molar-refractivity contribution in [3.8, 4) is 0 Å². The minimum absolute atomic E-state index is 0.0606. The van der Waals surface area contributed by atoms with E-state index in [-0.39, 0.29) is 19.1 Å². The van der Waals surface area contributed by atoms with E-state index >= 15 is 0 Å². The van der Waals surface area contributed by atoms with Crippen LogP contribution in [0.25, 0.3) is 0 Å². The highest BCUT2D eigenvalue weighted by Crippen LogP contribution is 2.21. The Morgan fingerprint density at radius 1 is 0.946 bits per heavy atom. The molecule has 0 spiro atoms. The van der Waals surface area contributed by atoms with E-state index in [9.17, 15) is 20.1 Å². The Hall–Kier alpha value is -0.990. The zero-order chi connectivity index (χ0) is 27.1. The first-order chi connectivity index (χ1) is 18.0. The van der Waals surface area contributed by atoms with Gasteiger partial charge >= 0.3 is 0 Å². The molecule has 0 aromatic rings. The number of carbonyl (C=O) groups excluding carboxylic acids is 1. The molecule has 1 aliphatic heterocycles. The van der Waals surface area contributed by atoms with Crippen LogP contribution in [0.5, 0.6) is 0 Å². The fraction of sp³-hybridized carbons (Fsp3) is 0.900. The van der Waals surface area contributed by atoms with Crippen molar-refractivity contribution < 1.29 is 29.6 Å². The molecular weight excluding hydrogens is 470 g/mol. The Morgan fingerprint density at radius 3 is 2.19 bits per heavy atom. The zero-order valence-corrected chi connectivity index (χ0v) is 23.7. The van der Waals surface area contributed by atoms with E-state index in [0.717, 1.165) is 32.1 Å². The van der Waals surface area contributed by atoms with Crippen molar-refractivity contribution in [2.24, 2.45) is 0 Å². The number of nitrogens with one attached hydrogen (secondary N) is 1. The fourth-order valence-corrected chi connectivity index (χ4v) is 4.73. The number of hydrogen-bond donors (Lipinski definition) is 4. The van der Waals surface area contributed by atoms with Gasteiger partial charge in [0.25, 0.3) is 0 Å². The summed E-state index contributed by atoms with van der Waals surface area (Å²) >= 11 is 0. The van der Waals surface area contributed by atoms with Gasteiger partial charge in [-0.3, -0.25) is 4.79 Å². The lowest BCUT2D eigenvalue weighted by Gasteiger charge is -2.34.